The summed E-state index contributed by atoms with van der Waals surface area (Å²) in [4.78, 5) is 4.56. The van der Waals surface area contributed by atoms with Gasteiger partial charge in [-0.05, 0) is 30.7 Å². The summed E-state index contributed by atoms with van der Waals surface area (Å²) in [6, 6.07) is 13.6. The van der Waals surface area contributed by atoms with Gasteiger partial charge in [0.1, 0.15) is 11.3 Å². The molecule has 0 radical (unpaired) electrons. The average Bonchev–Trinajstić information content (AvgIpc) is 2.87. The molecule has 0 amide bonds. The van der Waals surface area contributed by atoms with E-state index in [0.29, 0.717) is 10.9 Å². The van der Waals surface area contributed by atoms with Crippen molar-refractivity contribution in [2.24, 2.45) is 0 Å². The Balaban J connectivity index is 2.24. The van der Waals surface area contributed by atoms with Crippen molar-refractivity contribution in [2.45, 2.75) is 18.8 Å². The topological polar surface area (TPSA) is 17.8 Å². The van der Waals surface area contributed by atoms with Crippen molar-refractivity contribution in [3.05, 3.63) is 63.9 Å². The summed E-state index contributed by atoms with van der Waals surface area (Å²) in [6.45, 7) is 2.08. The van der Waals surface area contributed by atoms with E-state index in [1.54, 1.807) is 0 Å². The van der Waals surface area contributed by atoms with Crippen LogP contribution >= 0.6 is 34.8 Å². The molecule has 0 bridgehead atoms. The summed E-state index contributed by atoms with van der Waals surface area (Å²) in [5, 5.41) is 1.36. The third-order valence-corrected chi connectivity index (χ3v) is 4.49. The molecule has 0 N–H and O–H groups in total. The van der Waals surface area contributed by atoms with Crippen molar-refractivity contribution in [1.82, 2.24) is 9.55 Å². The number of rotatable bonds is 3. The molecule has 0 saturated heterocycles. The van der Waals surface area contributed by atoms with Crippen molar-refractivity contribution < 1.29 is 0 Å². The van der Waals surface area contributed by atoms with Crippen molar-refractivity contribution in [3.63, 3.8) is 0 Å². The number of imidazole rings is 1. The fraction of sp³-hybridized carbons (Fsp3) is 0.188. The molecule has 1 atom stereocenters. The molecule has 1 unspecified atom stereocenters. The maximum Gasteiger partial charge on any atom is 0.125 e. The lowest BCUT2D eigenvalue weighted by Crippen LogP contribution is -2.10. The van der Waals surface area contributed by atoms with Crippen LogP contribution in [0.5, 0.6) is 0 Å². The van der Waals surface area contributed by atoms with Gasteiger partial charge < -0.3 is 4.57 Å². The standard InChI is InChI=1S/C16H13Cl3N2/c1-10(11-5-2-3-6-12(11)18)21-14-8-4-7-13(19)16(14)20-15(21)9-17/h2-8,10H,9H2,1H3. The highest BCUT2D eigenvalue weighted by Gasteiger charge is 2.19. The molecule has 2 aromatic carbocycles. The number of nitrogens with zero attached hydrogens (tertiary/aromatic N) is 2. The summed E-state index contributed by atoms with van der Waals surface area (Å²) in [6.07, 6.45) is 0. The molecule has 3 aromatic rings. The second-order valence-corrected chi connectivity index (χ2v) is 5.92. The Hall–Kier alpha value is -1.22. The van der Waals surface area contributed by atoms with Crippen molar-refractivity contribution in [3.8, 4) is 0 Å². The Bertz CT molecular complexity index is 795. The Morgan fingerprint density at radius 3 is 2.48 bits per heavy atom. The minimum Gasteiger partial charge on any atom is -0.320 e. The lowest BCUT2D eigenvalue weighted by molar-refractivity contribution is 0.634. The Labute approximate surface area is 138 Å². The van der Waals surface area contributed by atoms with E-state index in [1.807, 2.05) is 42.5 Å². The molecule has 0 saturated carbocycles. The van der Waals surface area contributed by atoms with Crippen LogP contribution in [0.4, 0.5) is 0 Å². The van der Waals surface area contributed by atoms with Gasteiger partial charge in [0.2, 0.25) is 0 Å². The van der Waals surface area contributed by atoms with Gasteiger partial charge in [-0.2, -0.15) is 0 Å². The predicted molar refractivity (Wildman–Crippen MR) is 89.6 cm³/mol. The number of alkyl halides is 1. The zero-order chi connectivity index (χ0) is 15.0. The van der Waals surface area contributed by atoms with Gasteiger partial charge in [-0.25, -0.2) is 4.98 Å². The van der Waals surface area contributed by atoms with Gasteiger partial charge in [-0.15, -0.1) is 11.6 Å². The SMILES string of the molecule is CC(c1ccccc1Cl)n1c(CCl)nc2c(Cl)cccc21. The van der Waals surface area contributed by atoms with Crippen molar-refractivity contribution >= 4 is 45.8 Å². The van der Waals surface area contributed by atoms with Crippen LogP contribution in [-0.2, 0) is 5.88 Å². The van der Waals surface area contributed by atoms with Crippen LogP contribution in [0, 0.1) is 0 Å². The molecule has 1 heterocycles. The van der Waals surface area contributed by atoms with E-state index in [-0.39, 0.29) is 6.04 Å². The maximum absolute atomic E-state index is 6.32. The zero-order valence-corrected chi connectivity index (χ0v) is 13.6. The molecular formula is C16H13Cl3N2. The minimum absolute atomic E-state index is 0.0240. The molecule has 1 aromatic heterocycles. The first-order valence-electron chi connectivity index (χ1n) is 6.59. The second-order valence-electron chi connectivity index (χ2n) is 4.84. The van der Waals surface area contributed by atoms with Gasteiger partial charge in [0.25, 0.3) is 0 Å². The average molecular weight is 340 g/mol. The van der Waals surface area contributed by atoms with Crippen LogP contribution in [0.3, 0.4) is 0 Å². The van der Waals surface area contributed by atoms with Crippen LogP contribution in [-0.4, -0.2) is 9.55 Å². The van der Waals surface area contributed by atoms with Crippen LogP contribution < -0.4 is 0 Å². The number of hydrogen-bond acceptors (Lipinski definition) is 1. The fourth-order valence-corrected chi connectivity index (χ4v) is 3.30. The van der Waals surface area contributed by atoms with Gasteiger partial charge in [0.15, 0.2) is 0 Å². The maximum atomic E-state index is 6.32. The highest BCUT2D eigenvalue weighted by Crippen LogP contribution is 2.32. The molecule has 5 heteroatoms. The van der Waals surface area contributed by atoms with Gasteiger partial charge in [-0.1, -0.05) is 47.5 Å². The second kappa shape index (κ2) is 5.88. The van der Waals surface area contributed by atoms with Crippen LogP contribution in [0.25, 0.3) is 11.0 Å². The number of halogens is 3. The summed E-state index contributed by atoms with van der Waals surface area (Å²) < 4.78 is 2.09. The number of hydrogen-bond donors (Lipinski definition) is 0. The number of benzene rings is 2. The molecule has 0 fully saturated rings. The number of para-hydroxylation sites is 1. The molecular weight excluding hydrogens is 327 g/mol. The molecule has 0 aliphatic heterocycles. The fourth-order valence-electron chi connectivity index (χ4n) is 2.61. The molecule has 21 heavy (non-hydrogen) atoms. The van der Waals surface area contributed by atoms with Gasteiger partial charge in [0.05, 0.1) is 22.5 Å². The molecule has 108 valence electrons. The van der Waals surface area contributed by atoms with Gasteiger partial charge >= 0.3 is 0 Å². The third-order valence-electron chi connectivity index (χ3n) is 3.61. The first-order chi connectivity index (χ1) is 10.1. The van der Waals surface area contributed by atoms with E-state index in [1.165, 1.54) is 0 Å². The molecule has 0 spiro atoms. The Kier molecular flexibility index (Phi) is 4.12. The molecule has 2 nitrogen and oxygen atoms in total. The first-order valence-corrected chi connectivity index (χ1v) is 7.88. The monoisotopic (exact) mass is 338 g/mol. The number of aromatic nitrogens is 2. The zero-order valence-electron chi connectivity index (χ0n) is 11.4. The minimum atomic E-state index is 0.0240. The predicted octanol–water partition coefficient (Wildman–Crippen LogP) is 5.69. The highest BCUT2D eigenvalue weighted by atomic mass is 35.5. The largest absolute Gasteiger partial charge is 0.320 e. The lowest BCUT2D eigenvalue weighted by atomic mass is 10.1. The van der Waals surface area contributed by atoms with Crippen molar-refractivity contribution in [2.75, 3.05) is 0 Å². The van der Waals surface area contributed by atoms with E-state index in [2.05, 4.69) is 16.5 Å². The van der Waals surface area contributed by atoms with Crippen LogP contribution in [0.15, 0.2) is 42.5 Å². The number of fused-ring (bicyclic) bond motifs is 1. The molecule has 0 aliphatic rings. The normalized spacial score (nSPS) is 12.8. The molecule has 3 rings (SSSR count). The summed E-state index contributed by atoms with van der Waals surface area (Å²) in [5.41, 5.74) is 2.77. The van der Waals surface area contributed by atoms with E-state index in [4.69, 9.17) is 34.8 Å². The van der Waals surface area contributed by atoms with Gasteiger partial charge in [-0.3, -0.25) is 0 Å². The van der Waals surface area contributed by atoms with Gasteiger partial charge in [0, 0.05) is 5.02 Å². The van der Waals surface area contributed by atoms with Crippen LogP contribution in [0.2, 0.25) is 10.0 Å². The van der Waals surface area contributed by atoms with Crippen LogP contribution in [0.1, 0.15) is 24.4 Å². The molecule has 0 aliphatic carbocycles. The Morgan fingerprint density at radius 2 is 1.76 bits per heavy atom. The first kappa shape index (κ1) is 14.7. The lowest BCUT2D eigenvalue weighted by Gasteiger charge is -2.18. The highest BCUT2D eigenvalue weighted by molar-refractivity contribution is 6.35. The smallest absolute Gasteiger partial charge is 0.125 e. The van der Waals surface area contributed by atoms with E-state index in [9.17, 15) is 0 Å². The summed E-state index contributed by atoms with van der Waals surface area (Å²) in [5.74, 6) is 1.10. The quantitative estimate of drug-likeness (QED) is 0.560. The van der Waals surface area contributed by atoms with E-state index in [0.717, 1.165) is 27.4 Å². The summed E-state index contributed by atoms with van der Waals surface area (Å²) >= 11 is 18.6. The van der Waals surface area contributed by atoms with Crippen molar-refractivity contribution in [1.29, 1.82) is 0 Å². The van der Waals surface area contributed by atoms with E-state index < -0.39 is 0 Å². The summed E-state index contributed by atoms with van der Waals surface area (Å²) in [7, 11) is 0. The Morgan fingerprint density at radius 1 is 1.05 bits per heavy atom. The van der Waals surface area contributed by atoms with E-state index >= 15 is 0 Å². The third kappa shape index (κ3) is 2.52.